The van der Waals surface area contributed by atoms with E-state index in [1.54, 1.807) is 47.7 Å². The van der Waals surface area contributed by atoms with Gasteiger partial charge in [-0.25, -0.2) is 0 Å². The van der Waals surface area contributed by atoms with Crippen molar-refractivity contribution in [1.82, 2.24) is 14.8 Å². The second-order valence-corrected chi connectivity index (χ2v) is 12.3. The van der Waals surface area contributed by atoms with Crippen LogP contribution in [0, 0.1) is 0 Å². The van der Waals surface area contributed by atoms with Gasteiger partial charge in [0.15, 0.2) is 5.78 Å². The number of nitrogens with one attached hydrogen (secondary N) is 1. The summed E-state index contributed by atoms with van der Waals surface area (Å²) in [6.07, 6.45) is 5.85. The Hall–Kier alpha value is -3.26. The number of unbranched alkanes of at least 4 members (excludes halogenated alkanes) is 1. The fourth-order valence-electron chi connectivity index (χ4n) is 5.40. The van der Waals surface area contributed by atoms with Crippen LogP contribution < -0.4 is 10.6 Å². The molecular weight excluding hydrogens is 541 g/mol. The first kappa shape index (κ1) is 30.7. The van der Waals surface area contributed by atoms with E-state index in [2.05, 4.69) is 17.4 Å². The zero-order chi connectivity index (χ0) is 29.4. The predicted molar refractivity (Wildman–Crippen MR) is 160 cm³/mol. The van der Waals surface area contributed by atoms with Gasteiger partial charge in [0.2, 0.25) is 11.8 Å². The average molecular weight is 582 g/mol. The molecule has 0 spiro atoms. The normalized spacial score (nSPS) is 15.4. The van der Waals surface area contributed by atoms with Crippen LogP contribution in [0.25, 0.3) is 10.9 Å². The maximum absolute atomic E-state index is 13.4. The molecule has 10 heteroatoms. The highest BCUT2D eigenvalue weighted by Crippen LogP contribution is 2.47. The lowest BCUT2D eigenvalue weighted by molar-refractivity contribution is -0.138. The summed E-state index contributed by atoms with van der Waals surface area (Å²) in [7, 11) is -3.55. The number of benzene rings is 2. The topological polar surface area (TPSA) is 107 Å². The van der Waals surface area contributed by atoms with Crippen LogP contribution in [0.4, 0.5) is 0 Å². The molecule has 0 bridgehead atoms. The van der Waals surface area contributed by atoms with Gasteiger partial charge in [0.05, 0.1) is 18.5 Å². The highest BCUT2D eigenvalue weighted by atomic mass is 31.2. The Morgan fingerprint density at radius 3 is 2.44 bits per heavy atom. The SMILES string of the molecule is CCOP(=O)(OCC)c1ccc2c(c1)c(C(C)=O)cn2CC(=O)N1CCC[C@H]1C(=O)NCCCCc1ccccc1. The molecule has 1 aromatic heterocycles. The van der Waals surface area contributed by atoms with Crippen molar-refractivity contribution < 1.29 is 28.0 Å². The Balaban J connectivity index is 1.43. The standard InChI is InChI=1S/C31H40N3O6P/c1-4-39-41(38,40-5-2)25-16-17-28-26(20-25)27(23(3)35)21-33(28)22-30(36)34-19-11-15-29(34)31(37)32-18-10-9-14-24-12-7-6-8-13-24/h6-8,12-13,16-17,20-21,29H,4-5,9-11,14-15,18-19,22H2,1-3H3,(H,32,37)/t29-/m0/s1. The van der Waals surface area contributed by atoms with Crippen LogP contribution in [0.15, 0.2) is 54.7 Å². The molecule has 2 amide bonds. The predicted octanol–water partition coefficient (Wildman–Crippen LogP) is 4.87. The van der Waals surface area contributed by atoms with Crippen LogP contribution >= 0.6 is 7.60 Å². The molecule has 3 aromatic rings. The number of Topliss-reactive ketones (excluding diaryl/α,β-unsaturated/α-hetero) is 1. The number of aryl methyl sites for hydroxylation is 1. The highest BCUT2D eigenvalue weighted by molar-refractivity contribution is 7.62. The van der Waals surface area contributed by atoms with E-state index in [4.69, 9.17) is 9.05 Å². The molecule has 0 saturated carbocycles. The summed E-state index contributed by atoms with van der Waals surface area (Å²) in [6.45, 7) is 6.43. The van der Waals surface area contributed by atoms with Gasteiger partial charge in [-0.2, -0.15) is 0 Å². The van der Waals surface area contributed by atoms with Crippen molar-refractivity contribution in [1.29, 1.82) is 0 Å². The van der Waals surface area contributed by atoms with E-state index >= 15 is 0 Å². The highest BCUT2D eigenvalue weighted by Gasteiger charge is 2.34. The van der Waals surface area contributed by atoms with Crippen molar-refractivity contribution >= 4 is 41.4 Å². The maximum atomic E-state index is 13.4. The molecule has 1 fully saturated rings. The number of nitrogens with zero attached hydrogens (tertiary/aromatic N) is 2. The molecule has 2 heterocycles. The number of likely N-dealkylation sites (tertiary alicyclic amines) is 1. The van der Waals surface area contributed by atoms with E-state index in [9.17, 15) is 18.9 Å². The Morgan fingerprint density at radius 1 is 1.02 bits per heavy atom. The first-order chi connectivity index (χ1) is 19.8. The minimum atomic E-state index is -3.55. The number of amides is 2. The molecule has 1 N–H and O–H groups in total. The second kappa shape index (κ2) is 14.1. The van der Waals surface area contributed by atoms with Crippen molar-refractivity contribution in [3.63, 3.8) is 0 Å². The number of hydrogen-bond acceptors (Lipinski definition) is 6. The van der Waals surface area contributed by atoms with Gasteiger partial charge in [-0.05, 0) is 76.6 Å². The van der Waals surface area contributed by atoms with Crippen LogP contribution in [0.5, 0.6) is 0 Å². The third-order valence-corrected chi connectivity index (χ3v) is 9.48. The van der Waals surface area contributed by atoms with E-state index in [-0.39, 0.29) is 37.4 Å². The van der Waals surface area contributed by atoms with Crippen LogP contribution in [0.1, 0.15) is 62.4 Å². The van der Waals surface area contributed by atoms with Crippen molar-refractivity contribution in [3.05, 3.63) is 65.9 Å². The molecule has 1 saturated heterocycles. The van der Waals surface area contributed by atoms with Gasteiger partial charge in [-0.1, -0.05) is 30.3 Å². The third-order valence-electron chi connectivity index (χ3n) is 7.37. The Morgan fingerprint density at radius 2 is 1.76 bits per heavy atom. The summed E-state index contributed by atoms with van der Waals surface area (Å²) in [4.78, 5) is 40.6. The quantitative estimate of drug-likeness (QED) is 0.166. The molecule has 0 unspecified atom stereocenters. The molecule has 1 aliphatic heterocycles. The molecule has 4 rings (SSSR count). The lowest BCUT2D eigenvalue weighted by atomic mass is 10.1. The van der Waals surface area contributed by atoms with Crippen molar-refractivity contribution in [3.8, 4) is 0 Å². The molecule has 0 aliphatic carbocycles. The van der Waals surface area contributed by atoms with Crippen LogP contribution in [-0.2, 0) is 36.2 Å². The van der Waals surface area contributed by atoms with Crippen molar-refractivity contribution in [2.75, 3.05) is 26.3 Å². The first-order valence-corrected chi connectivity index (χ1v) is 16.0. The fraction of sp³-hybridized carbons (Fsp3) is 0.452. The molecule has 0 radical (unpaired) electrons. The van der Waals surface area contributed by atoms with Crippen LogP contribution in [0.2, 0.25) is 0 Å². The molecule has 9 nitrogen and oxygen atoms in total. The smallest absolute Gasteiger partial charge is 0.354 e. The molecular formula is C31H40N3O6P. The molecule has 1 aliphatic rings. The summed E-state index contributed by atoms with van der Waals surface area (Å²) in [5.41, 5.74) is 2.36. The van der Waals surface area contributed by atoms with Gasteiger partial charge in [-0.15, -0.1) is 0 Å². The zero-order valence-electron chi connectivity index (χ0n) is 24.1. The minimum Gasteiger partial charge on any atom is -0.354 e. The van der Waals surface area contributed by atoms with E-state index in [0.717, 1.165) is 25.7 Å². The third kappa shape index (κ3) is 7.34. The fourth-order valence-corrected chi connectivity index (χ4v) is 6.99. The number of ketones is 1. The lowest BCUT2D eigenvalue weighted by Gasteiger charge is -2.24. The van der Waals surface area contributed by atoms with Crippen molar-refractivity contribution in [2.24, 2.45) is 0 Å². The maximum Gasteiger partial charge on any atom is 0.361 e. The lowest BCUT2D eigenvalue weighted by Crippen LogP contribution is -2.47. The van der Waals surface area contributed by atoms with Gasteiger partial charge < -0.3 is 23.8 Å². The molecule has 1 atom stereocenters. The molecule has 41 heavy (non-hydrogen) atoms. The Kier molecular flexibility index (Phi) is 10.5. The van der Waals surface area contributed by atoms with Gasteiger partial charge >= 0.3 is 7.60 Å². The van der Waals surface area contributed by atoms with E-state index in [0.29, 0.717) is 41.3 Å². The Bertz CT molecular complexity index is 1410. The summed E-state index contributed by atoms with van der Waals surface area (Å²) < 4.78 is 26.0. The summed E-state index contributed by atoms with van der Waals surface area (Å²) in [6, 6.07) is 14.8. The zero-order valence-corrected chi connectivity index (χ0v) is 25.0. The number of aromatic nitrogens is 1. The number of rotatable bonds is 14. The van der Waals surface area contributed by atoms with Crippen LogP contribution in [0.3, 0.4) is 0 Å². The minimum absolute atomic E-state index is 0.0153. The summed E-state index contributed by atoms with van der Waals surface area (Å²) in [5, 5.41) is 3.95. The van der Waals surface area contributed by atoms with E-state index in [1.807, 2.05) is 18.2 Å². The summed E-state index contributed by atoms with van der Waals surface area (Å²) >= 11 is 0. The van der Waals surface area contributed by atoms with Gasteiger partial charge in [0.1, 0.15) is 12.6 Å². The number of carbonyl (C=O) groups is 3. The second-order valence-electron chi connectivity index (χ2n) is 10.2. The van der Waals surface area contributed by atoms with Gasteiger partial charge in [0.25, 0.3) is 0 Å². The van der Waals surface area contributed by atoms with Gasteiger partial charge in [0, 0.05) is 35.8 Å². The number of hydrogen-bond donors (Lipinski definition) is 1. The molecule has 2 aromatic carbocycles. The average Bonchev–Trinajstić information content (AvgIpc) is 3.59. The number of fused-ring (bicyclic) bond motifs is 1. The largest absolute Gasteiger partial charge is 0.361 e. The van der Waals surface area contributed by atoms with E-state index in [1.165, 1.54) is 12.5 Å². The number of carbonyl (C=O) groups excluding carboxylic acids is 3. The summed E-state index contributed by atoms with van der Waals surface area (Å²) in [5.74, 6) is -0.478. The first-order valence-electron chi connectivity index (χ1n) is 14.4. The van der Waals surface area contributed by atoms with Crippen LogP contribution in [-0.4, -0.2) is 59.4 Å². The van der Waals surface area contributed by atoms with Crippen molar-refractivity contribution in [2.45, 2.75) is 65.5 Å². The van der Waals surface area contributed by atoms with Gasteiger partial charge in [-0.3, -0.25) is 18.9 Å². The van der Waals surface area contributed by atoms with E-state index < -0.39 is 13.6 Å². The Labute approximate surface area is 241 Å². The monoisotopic (exact) mass is 581 g/mol. The molecule has 220 valence electrons.